The highest BCUT2D eigenvalue weighted by Crippen LogP contribution is 2.42. The summed E-state index contributed by atoms with van der Waals surface area (Å²) in [5, 5.41) is 3.11. The summed E-state index contributed by atoms with van der Waals surface area (Å²) in [6.07, 6.45) is 0. The van der Waals surface area contributed by atoms with Crippen LogP contribution >= 0.6 is 112 Å². The van der Waals surface area contributed by atoms with Gasteiger partial charge in [0.05, 0.1) is 0 Å². The molecule has 3 aromatic rings. The summed E-state index contributed by atoms with van der Waals surface area (Å²) in [5.41, 5.74) is 1.73. The lowest BCUT2D eigenvalue weighted by Gasteiger charge is -2.22. The van der Waals surface area contributed by atoms with Gasteiger partial charge in [-0.1, -0.05) is 177 Å². The van der Waals surface area contributed by atoms with Crippen LogP contribution in [0.3, 0.4) is 0 Å². The van der Waals surface area contributed by atoms with Crippen molar-refractivity contribution in [2.75, 3.05) is 0 Å². The molecule has 3 aromatic carbocycles. The molecule has 0 saturated heterocycles. The Morgan fingerprint density at radius 1 is 0.355 bits per heavy atom. The molecule has 0 nitrogen and oxygen atoms in total. The van der Waals surface area contributed by atoms with Crippen LogP contribution < -0.4 is 15.9 Å². The third-order valence-electron chi connectivity index (χ3n) is 4.36. The number of benzene rings is 3. The van der Waals surface area contributed by atoms with Gasteiger partial charge in [0, 0.05) is 16.7 Å². The fraction of sp³-hybridized carbons (Fsp3) is 0.143. The van der Waals surface area contributed by atoms with Crippen LogP contribution in [0, 0.1) is 0 Å². The van der Waals surface area contributed by atoms with Gasteiger partial charge in [-0.05, 0) is 23.8 Å². The summed E-state index contributed by atoms with van der Waals surface area (Å²) in [4.78, 5) is 0. The normalized spacial score (nSPS) is 13.0. The Hall–Kier alpha value is 0.700. The van der Waals surface area contributed by atoms with E-state index in [2.05, 4.69) is 0 Å². The predicted octanol–water partition coefficient (Wildman–Crippen LogP) is 8.92. The second-order valence-corrected chi connectivity index (χ2v) is 15.5. The monoisotopic (exact) mass is 610 g/mol. The summed E-state index contributed by atoms with van der Waals surface area (Å²) < 4.78 is -4.50. The first-order chi connectivity index (χ1) is 14.3. The van der Waals surface area contributed by atoms with Crippen LogP contribution in [0.2, 0.25) is 0 Å². The molecule has 0 aliphatic carbocycles. The zero-order valence-corrected chi connectivity index (χ0v) is 23.0. The van der Waals surface area contributed by atoms with Crippen LogP contribution in [-0.4, -0.2) is 0 Å². The van der Waals surface area contributed by atoms with E-state index in [0.717, 1.165) is 15.9 Å². The molecule has 0 radical (unpaired) electrons. The van der Waals surface area contributed by atoms with Gasteiger partial charge >= 0.3 is 0 Å². The van der Waals surface area contributed by atoms with E-state index in [9.17, 15) is 0 Å². The Morgan fingerprint density at radius 2 is 0.548 bits per heavy atom. The molecule has 0 N–H and O–H groups in total. The molecule has 0 atom stereocenters. The Bertz CT molecular complexity index is 877. The molecule has 0 amide bonds. The van der Waals surface area contributed by atoms with Gasteiger partial charge in [-0.2, -0.15) is 0 Å². The predicted molar refractivity (Wildman–Crippen MR) is 143 cm³/mol. The van der Waals surface area contributed by atoms with Gasteiger partial charge in [0.25, 0.3) is 0 Å². The molecule has 0 bridgehead atoms. The van der Waals surface area contributed by atoms with E-state index in [1.54, 1.807) is 36.4 Å². The molecule has 0 heterocycles. The average molecular weight is 614 g/mol. The van der Waals surface area contributed by atoms with E-state index < -0.39 is 19.3 Å². The van der Waals surface area contributed by atoms with Crippen LogP contribution in [0.5, 0.6) is 0 Å². The summed E-state index contributed by atoms with van der Waals surface area (Å²) in [6.45, 7) is 0. The lowest BCUT2D eigenvalue weighted by Crippen LogP contribution is -2.21. The highest BCUT2D eigenvalue weighted by molar-refractivity contribution is 7.79. The third kappa shape index (κ3) is 6.86. The second-order valence-electron chi connectivity index (χ2n) is 6.47. The standard InChI is InChI=1S/C21H12Cl9P/c22-19(23,24)13-1-7-16(8-2-13)31(17-9-3-14(4-10-17)20(25,26)27)18-11-5-15(6-12-18)21(28,29)30/h1-12H. The van der Waals surface area contributed by atoms with Gasteiger partial charge in [-0.3, -0.25) is 0 Å². The molecular weight excluding hydrogens is 602 g/mol. The number of alkyl halides is 9. The van der Waals surface area contributed by atoms with E-state index in [4.69, 9.17) is 104 Å². The van der Waals surface area contributed by atoms with Gasteiger partial charge in [0.1, 0.15) is 0 Å². The van der Waals surface area contributed by atoms with Crippen molar-refractivity contribution in [3.05, 3.63) is 89.5 Å². The first-order valence-corrected chi connectivity index (χ1v) is 13.3. The van der Waals surface area contributed by atoms with E-state index in [0.29, 0.717) is 16.7 Å². The Kier molecular flexibility index (Phi) is 8.60. The minimum absolute atomic E-state index is 0.578. The third-order valence-corrected chi connectivity index (χ3v) is 8.77. The first-order valence-electron chi connectivity index (χ1n) is 8.59. The van der Waals surface area contributed by atoms with Crippen molar-refractivity contribution < 1.29 is 0 Å². The van der Waals surface area contributed by atoms with Crippen LogP contribution in [-0.2, 0) is 11.4 Å². The van der Waals surface area contributed by atoms with Crippen molar-refractivity contribution in [3.63, 3.8) is 0 Å². The van der Waals surface area contributed by atoms with E-state index in [-0.39, 0.29) is 0 Å². The lowest BCUT2D eigenvalue weighted by molar-refractivity contribution is 1.24. The second kappa shape index (κ2) is 10.1. The molecule has 0 saturated carbocycles. The SMILES string of the molecule is ClC(Cl)(Cl)c1ccc(P(c2ccc(C(Cl)(Cl)Cl)cc2)c2ccc(C(Cl)(Cl)Cl)cc2)cc1. The van der Waals surface area contributed by atoms with Crippen molar-refractivity contribution in [3.8, 4) is 0 Å². The Balaban J connectivity index is 2.08. The van der Waals surface area contributed by atoms with Crippen LogP contribution in [0.25, 0.3) is 0 Å². The summed E-state index contributed by atoms with van der Waals surface area (Å²) in [7, 11) is -0.978. The number of halogens is 9. The van der Waals surface area contributed by atoms with Crippen molar-refractivity contribution >= 4 is 128 Å². The molecule has 0 spiro atoms. The van der Waals surface area contributed by atoms with Gasteiger partial charge in [0.2, 0.25) is 11.4 Å². The maximum Gasteiger partial charge on any atom is 0.216 e. The largest absolute Gasteiger partial charge is 0.216 e. The van der Waals surface area contributed by atoms with E-state index in [1.807, 2.05) is 36.4 Å². The van der Waals surface area contributed by atoms with Crippen LogP contribution in [0.1, 0.15) is 16.7 Å². The first kappa shape index (κ1) is 26.3. The Morgan fingerprint density at radius 3 is 0.710 bits per heavy atom. The van der Waals surface area contributed by atoms with Crippen molar-refractivity contribution in [2.24, 2.45) is 0 Å². The minimum Gasteiger partial charge on any atom is -0.0784 e. The Labute approximate surface area is 227 Å². The molecular formula is C21H12Cl9P. The average Bonchev–Trinajstić information content (AvgIpc) is 2.67. The summed E-state index contributed by atoms with van der Waals surface area (Å²) in [6, 6.07) is 22.4. The number of hydrogen-bond donors (Lipinski definition) is 0. The summed E-state index contributed by atoms with van der Waals surface area (Å²) >= 11 is 54.1. The van der Waals surface area contributed by atoms with Gasteiger partial charge < -0.3 is 0 Å². The lowest BCUT2D eigenvalue weighted by atomic mass is 10.2. The molecule has 0 fully saturated rings. The fourth-order valence-corrected chi connectivity index (χ4v) is 6.22. The number of rotatable bonds is 3. The summed E-state index contributed by atoms with van der Waals surface area (Å²) in [5.74, 6) is 0. The molecule has 31 heavy (non-hydrogen) atoms. The quantitative estimate of drug-likeness (QED) is 0.204. The van der Waals surface area contributed by atoms with Gasteiger partial charge in [-0.25, -0.2) is 0 Å². The van der Waals surface area contributed by atoms with E-state index >= 15 is 0 Å². The van der Waals surface area contributed by atoms with Crippen LogP contribution in [0.4, 0.5) is 0 Å². The molecule has 0 aliphatic heterocycles. The molecule has 0 aromatic heterocycles. The maximum absolute atomic E-state index is 6.01. The molecule has 10 heteroatoms. The highest BCUT2D eigenvalue weighted by atomic mass is 35.6. The van der Waals surface area contributed by atoms with Crippen LogP contribution in [0.15, 0.2) is 72.8 Å². The fourth-order valence-electron chi connectivity index (χ4n) is 2.85. The molecule has 164 valence electrons. The molecule has 0 aliphatic rings. The van der Waals surface area contributed by atoms with Gasteiger partial charge in [-0.15, -0.1) is 0 Å². The van der Waals surface area contributed by atoms with Crippen molar-refractivity contribution in [2.45, 2.75) is 11.4 Å². The van der Waals surface area contributed by atoms with E-state index in [1.165, 1.54) is 0 Å². The zero-order chi connectivity index (χ0) is 23.0. The molecule has 0 unspecified atom stereocenters. The van der Waals surface area contributed by atoms with Gasteiger partial charge in [0.15, 0.2) is 0 Å². The maximum atomic E-state index is 6.01. The van der Waals surface area contributed by atoms with Crippen molar-refractivity contribution in [1.82, 2.24) is 0 Å². The molecule has 3 rings (SSSR count). The van der Waals surface area contributed by atoms with Crippen molar-refractivity contribution in [1.29, 1.82) is 0 Å². The zero-order valence-electron chi connectivity index (χ0n) is 15.3. The smallest absolute Gasteiger partial charge is 0.0784 e. The minimum atomic E-state index is -1.50. The topological polar surface area (TPSA) is 0 Å². The highest BCUT2D eigenvalue weighted by Gasteiger charge is 2.27. The number of hydrogen-bond acceptors (Lipinski definition) is 0.